The quantitative estimate of drug-likeness (QED) is 0.799. The third-order valence-corrected chi connectivity index (χ3v) is 3.65. The predicted molar refractivity (Wildman–Crippen MR) is 82.8 cm³/mol. The van der Waals surface area contributed by atoms with Crippen LogP contribution in [0.5, 0.6) is 0 Å². The van der Waals surface area contributed by atoms with Gasteiger partial charge in [0.2, 0.25) is 5.91 Å². The van der Waals surface area contributed by atoms with Gasteiger partial charge in [-0.05, 0) is 24.3 Å². The molecule has 0 unspecified atom stereocenters. The van der Waals surface area contributed by atoms with Crippen molar-refractivity contribution in [3.05, 3.63) is 29.8 Å². The van der Waals surface area contributed by atoms with Crippen molar-refractivity contribution in [3.63, 3.8) is 0 Å². The van der Waals surface area contributed by atoms with Gasteiger partial charge in [0.25, 0.3) is 5.91 Å². The van der Waals surface area contributed by atoms with Gasteiger partial charge in [-0.15, -0.1) is 0 Å². The second-order valence-electron chi connectivity index (χ2n) is 6.46. The van der Waals surface area contributed by atoms with Gasteiger partial charge in [-0.25, -0.2) is 0 Å². The highest BCUT2D eigenvalue weighted by Crippen LogP contribution is 2.19. The number of nitrogen functional groups attached to an aromatic ring is 1. The van der Waals surface area contributed by atoms with E-state index in [-0.39, 0.29) is 17.2 Å². The monoisotopic (exact) mass is 289 g/mol. The Balaban J connectivity index is 1.96. The van der Waals surface area contributed by atoms with Crippen molar-refractivity contribution >= 4 is 17.5 Å². The third kappa shape index (κ3) is 3.54. The van der Waals surface area contributed by atoms with Crippen molar-refractivity contribution in [1.82, 2.24) is 9.80 Å². The van der Waals surface area contributed by atoms with E-state index in [1.807, 2.05) is 25.7 Å². The minimum atomic E-state index is -0.372. The lowest BCUT2D eigenvalue weighted by atomic mass is 9.94. The number of nitrogens with two attached hydrogens (primary N) is 1. The number of amides is 2. The number of nitrogens with zero attached hydrogens (tertiary/aromatic N) is 2. The summed E-state index contributed by atoms with van der Waals surface area (Å²) >= 11 is 0. The first-order chi connectivity index (χ1) is 9.79. The Hall–Kier alpha value is -2.04. The van der Waals surface area contributed by atoms with Crippen molar-refractivity contribution in [3.8, 4) is 0 Å². The summed E-state index contributed by atoms with van der Waals surface area (Å²) in [7, 11) is 0. The maximum atomic E-state index is 12.4. The molecule has 0 saturated carbocycles. The topological polar surface area (TPSA) is 66.6 Å². The summed E-state index contributed by atoms with van der Waals surface area (Å²) in [5, 5.41) is 0. The molecule has 2 N–H and O–H groups in total. The van der Waals surface area contributed by atoms with Crippen LogP contribution in [0.15, 0.2) is 24.3 Å². The zero-order valence-electron chi connectivity index (χ0n) is 12.9. The van der Waals surface area contributed by atoms with E-state index < -0.39 is 0 Å². The van der Waals surface area contributed by atoms with Crippen LogP contribution in [0.2, 0.25) is 0 Å². The Kier molecular flexibility index (Phi) is 4.21. The molecule has 21 heavy (non-hydrogen) atoms. The van der Waals surface area contributed by atoms with E-state index in [1.165, 1.54) is 0 Å². The molecule has 1 aliphatic heterocycles. The Morgan fingerprint density at radius 1 is 0.952 bits per heavy atom. The fourth-order valence-electron chi connectivity index (χ4n) is 2.40. The van der Waals surface area contributed by atoms with E-state index in [2.05, 4.69) is 0 Å². The van der Waals surface area contributed by atoms with E-state index in [0.717, 1.165) is 0 Å². The molecular formula is C16H23N3O2. The number of rotatable bonds is 1. The van der Waals surface area contributed by atoms with Crippen LogP contribution in [0.25, 0.3) is 0 Å². The van der Waals surface area contributed by atoms with Crippen molar-refractivity contribution in [2.45, 2.75) is 20.8 Å². The van der Waals surface area contributed by atoms with Crippen molar-refractivity contribution in [2.75, 3.05) is 31.9 Å². The third-order valence-electron chi connectivity index (χ3n) is 3.65. The molecule has 1 saturated heterocycles. The van der Waals surface area contributed by atoms with Crippen LogP contribution in [0.4, 0.5) is 5.69 Å². The molecule has 1 fully saturated rings. The van der Waals surface area contributed by atoms with E-state index in [9.17, 15) is 9.59 Å². The summed E-state index contributed by atoms with van der Waals surface area (Å²) in [5.74, 6) is 0.139. The largest absolute Gasteiger partial charge is 0.399 e. The van der Waals surface area contributed by atoms with E-state index in [1.54, 1.807) is 29.2 Å². The lowest BCUT2D eigenvalue weighted by Crippen LogP contribution is -2.53. The first-order valence-corrected chi connectivity index (χ1v) is 7.23. The molecule has 1 aromatic carbocycles. The number of hydrogen-bond donors (Lipinski definition) is 1. The van der Waals surface area contributed by atoms with Crippen molar-refractivity contribution < 1.29 is 9.59 Å². The standard InChI is InChI=1S/C16H23N3O2/c1-16(2,3)15(21)19-10-8-18(9-11-19)14(20)12-4-6-13(17)7-5-12/h4-7H,8-11,17H2,1-3H3. The molecular weight excluding hydrogens is 266 g/mol. The molecule has 0 aromatic heterocycles. The Morgan fingerprint density at radius 3 is 1.90 bits per heavy atom. The van der Waals surface area contributed by atoms with Gasteiger partial charge >= 0.3 is 0 Å². The predicted octanol–water partition coefficient (Wildman–Crippen LogP) is 1.60. The SMILES string of the molecule is CC(C)(C)C(=O)N1CCN(C(=O)c2ccc(N)cc2)CC1. The van der Waals surface area contributed by atoms with Gasteiger partial charge in [0, 0.05) is 42.8 Å². The van der Waals surface area contributed by atoms with Gasteiger partial charge in [-0.2, -0.15) is 0 Å². The number of hydrogen-bond acceptors (Lipinski definition) is 3. The maximum absolute atomic E-state index is 12.4. The van der Waals surface area contributed by atoms with Gasteiger partial charge < -0.3 is 15.5 Å². The molecule has 1 aliphatic rings. The van der Waals surface area contributed by atoms with E-state index in [0.29, 0.717) is 37.4 Å². The summed E-state index contributed by atoms with van der Waals surface area (Å²) in [6, 6.07) is 6.94. The van der Waals surface area contributed by atoms with Crippen LogP contribution in [0.3, 0.4) is 0 Å². The van der Waals surface area contributed by atoms with Crippen LogP contribution in [-0.2, 0) is 4.79 Å². The second kappa shape index (κ2) is 5.76. The summed E-state index contributed by atoms with van der Waals surface area (Å²) in [4.78, 5) is 28.2. The molecule has 114 valence electrons. The molecule has 0 spiro atoms. The fraction of sp³-hybridized carbons (Fsp3) is 0.500. The minimum absolute atomic E-state index is 0.00198. The van der Waals surface area contributed by atoms with Gasteiger partial charge in [-0.1, -0.05) is 20.8 Å². The molecule has 5 heteroatoms. The second-order valence-corrected chi connectivity index (χ2v) is 6.46. The molecule has 2 amide bonds. The Labute approximate surface area is 125 Å². The smallest absolute Gasteiger partial charge is 0.253 e. The van der Waals surface area contributed by atoms with Crippen molar-refractivity contribution in [1.29, 1.82) is 0 Å². The summed E-state index contributed by atoms with van der Waals surface area (Å²) in [6.45, 7) is 8.09. The molecule has 1 heterocycles. The van der Waals surface area contributed by atoms with Crippen LogP contribution in [-0.4, -0.2) is 47.8 Å². The summed E-state index contributed by atoms with van der Waals surface area (Å²) in [5.41, 5.74) is 6.54. The molecule has 0 radical (unpaired) electrons. The van der Waals surface area contributed by atoms with Gasteiger partial charge in [0.15, 0.2) is 0 Å². The number of carbonyl (C=O) groups excluding carboxylic acids is 2. The van der Waals surface area contributed by atoms with Crippen LogP contribution < -0.4 is 5.73 Å². The van der Waals surface area contributed by atoms with Gasteiger partial charge in [0.1, 0.15) is 0 Å². The molecule has 0 bridgehead atoms. The van der Waals surface area contributed by atoms with Crippen LogP contribution in [0, 0.1) is 5.41 Å². The van der Waals surface area contributed by atoms with Gasteiger partial charge in [0.05, 0.1) is 0 Å². The molecule has 5 nitrogen and oxygen atoms in total. The zero-order chi connectivity index (χ0) is 15.6. The van der Waals surface area contributed by atoms with Gasteiger partial charge in [-0.3, -0.25) is 9.59 Å². The Morgan fingerprint density at radius 2 is 1.43 bits per heavy atom. The average molecular weight is 289 g/mol. The summed E-state index contributed by atoms with van der Waals surface area (Å²) in [6.07, 6.45) is 0. The lowest BCUT2D eigenvalue weighted by molar-refractivity contribution is -0.140. The highest BCUT2D eigenvalue weighted by atomic mass is 16.2. The number of piperazine rings is 1. The van der Waals surface area contributed by atoms with Crippen molar-refractivity contribution in [2.24, 2.45) is 5.41 Å². The highest BCUT2D eigenvalue weighted by molar-refractivity contribution is 5.94. The highest BCUT2D eigenvalue weighted by Gasteiger charge is 2.30. The van der Waals surface area contributed by atoms with E-state index in [4.69, 9.17) is 5.73 Å². The number of anilines is 1. The molecule has 0 atom stereocenters. The summed E-state index contributed by atoms with van der Waals surface area (Å²) < 4.78 is 0. The molecule has 1 aromatic rings. The first-order valence-electron chi connectivity index (χ1n) is 7.23. The van der Waals surface area contributed by atoms with Crippen LogP contribution in [0.1, 0.15) is 31.1 Å². The van der Waals surface area contributed by atoms with E-state index >= 15 is 0 Å². The average Bonchev–Trinajstić information content (AvgIpc) is 2.46. The zero-order valence-corrected chi connectivity index (χ0v) is 12.9. The molecule has 2 rings (SSSR count). The maximum Gasteiger partial charge on any atom is 0.253 e. The Bertz CT molecular complexity index is 523. The number of benzene rings is 1. The number of carbonyl (C=O) groups is 2. The van der Waals surface area contributed by atoms with Crippen LogP contribution >= 0.6 is 0 Å². The first kappa shape index (κ1) is 15.4. The minimum Gasteiger partial charge on any atom is -0.399 e. The molecule has 0 aliphatic carbocycles. The lowest BCUT2D eigenvalue weighted by Gasteiger charge is -2.37. The normalized spacial score (nSPS) is 16.0. The fourth-order valence-corrected chi connectivity index (χ4v) is 2.40.